The summed E-state index contributed by atoms with van der Waals surface area (Å²) < 4.78 is 30.5. The number of hydrogen-bond donors (Lipinski definition) is 1. The summed E-state index contributed by atoms with van der Waals surface area (Å²) in [4.78, 5) is 6.72. The summed E-state index contributed by atoms with van der Waals surface area (Å²) in [6, 6.07) is 0.510. The van der Waals surface area contributed by atoms with E-state index >= 15 is 0 Å². The summed E-state index contributed by atoms with van der Waals surface area (Å²) in [7, 11) is -3.18. The number of aromatic nitrogens is 1. The predicted octanol–water partition coefficient (Wildman–Crippen LogP) is 0.278. The van der Waals surface area contributed by atoms with Crippen LogP contribution in [0, 0.1) is 0 Å². The number of ether oxygens (including phenoxy) is 1. The van der Waals surface area contributed by atoms with Crippen molar-refractivity contribution < 1.29 is 13.2 Å². The Hall–Kier alpha value is -1.02. The Balaban J connectivity index is 1.74. The van der Waals surface area contributed by atoms with Gasteiger partial charge in [0.15, 0.2) is 0 Å². The van der Waals surface area contributed by atoms with Crippen LogP contribution in [0.4, 0.5) is 0 Å². The minimum Gasteiger partial charge on any atom is -0.380 e. The molecule has 0 saturated carbocycles. The maximum Gasteiger partial charge on any atom is 0.209 e. The standard InChI is InChI=1S/C14H21N3O3S/c1-21(18,19)16-8-11-6-15-7-12-9-17(4-2-14(11)12)13-3-5-20-10-13/h6-7,13,16H,2-5,8-10H2,1H3/t13-/m1/s1. The van der Waals surface area contributed by atoms with Gasteiger partial charge in [0.25, 0.3) is 0 Å². The number of nitrogens with one attached hydrogen (secondary N) is 1. The first-order chi connectivity index (χ1) is 10.0. The number of rotatable bonds is 4. The third kappa shape index (κ3) is 3.60. The van der Waals surface area contributed by atoms with Gasteiger partial charge in [-0.3, -0.25) is 9.88 Å². The molecular formula is C14H21N3O3S. The quantitative estimate of drug-likeness (QED) is 0.865. The molecule has 6 nitrogen and oxygen atoms in total. The second-order valence-electron chi connectivity index (χ2n) is 5.77. The highest BCUT2D eigenvalue weighted by molar-refractivity contribution is 7.88. The maximum absolute atomic E-state index is 11.2. The van der Waals surface area contributed by atoms with Crippen LogP contribution in [0.3, 0.4) is 0 Å². The van der Waals surface area contributed by atoms with Gasteiger partial charge in [-0.05, 0) is 29.5 Å². The van der Waals surface area contributed by atoms with Gasteiger partial charge in [-0.2, -0.15) is 0 Å². The van der Waals surface area contributed by atoms with E-state index in [2.05, 4.69) is 14.6 Å². The largest absolute Gasteiger partial charge is 0.380 e. The molecule has 0 unspecified atom stereocenters. The first-order valence-corrected chi connectivity index (χ1v) is 9.13. The average Bonchev–Trinajstić information content (AvgIpc) is 2.97. The molecule has 1 atom stereocenters. The molecule has 3 rings (SSSR count). The molecule has 21 heavy (non-hydrogen) atoms. The van der Waals surface area contributed by atoms with Crippen LogP contribution in [-0.4, -0.2) is 50.4 Å². The number of pyridine rings is 1. The van der Waals surface area contributed by atoms with Crippen LogP contribution in [0.2, 0.25) is 0 Å². The lowest BCUT2D eigenvalue weighted by Crippen LogP contribution is -2.40. The van der Waals surface area contributed by atoms with Gasteiger partial charge < -0.3 is 4.74 Å². The van der Waals surface area contributed by atoms with Crippen LogP contribution >= 0.6 is 0 Å². The Labute approximate surface area is 125 Å². The van der Waals surface area contributed by atoms with Crippen molar-refractivity contribution in [2.24, 2.45) is 0 Å². The van der Waals surface area contributed by atoms with Crippen LogP contribution in [0.15, 0.2) is 12.4 Å². The molecule has 2 aliphatic heterocycles. The molecule has 0 bridgehead atoms. The van der Waals surface area contributed by atoms with Crippen LogP contribution in [0.5, 0.6) is 0 Å². The Bertz CT molecular complexity index is 612. The molecule has 7 heteroatoms. The number of hydrogen-bond acceptors (Lipinski definition) is 5. The van der Waals surface area contributed by atoms with E-state index in [-0.39, 0.29) is 0 Å². The van der Waals surface area contributed by atoms with Crippen molar-refractivity contribution >= 4 is 10.0 Å². The van der Waals surface area contributed by atoms with Crippen molar-refractivity contribution in [3.8, 4) is 0 Å². The molecule has 3 heterocycles. The van der Waals surface area contributed by atoms with Crippen LogP contribution in [0.25, 0.3) is 0 Å². The first kappa shape index (κ1) is 14.9. The summed E-state index contributed by atoms with van der Waals surface area (Å²) in [6.07, 6.45) is 6.89. The molecule has 1 saturated heterocycles. The van der Waals surface area contributed by atoms with Gasteiger partial charge in [0.2, 0.25) is 10.0 Å². The molecule has 116 valence electrons. The molecule has 0 amide bonds. The lowest BCUT2D eigenvalue weighted by molar-refractivity contribution is 0.134. The highest BCUT2D eigenvalue weighted by Gasteiger charge is 2.27. The van der Waals surface area contributed by atoms with E-state index < -0.39 is 10.0 Å². The molecule has 0 spiro atoms. The van der Waals surface area contributed by atoms with Gasteiger partial charge in [0.1, 0.15) is 0 Å². The number of sulfonamides is 1. The van der Waals surface area contributed by atoms with E-state index in [0.29, 0.717) is 12.6 Å². The average molecular weight is 311 g/mol. The minimum atomic E-state index is -3.18. The summed E-state index contributed by atoms with van der Waals surface area (Å²) in [5.41, 5.74) is 3.44. The third-order valence-electron chi connectivity index (χ3n) is 4.21. The summed E-state index contributed by atoms with van der Waals surface area (Å²) in [5, 5.41) is 0. The highest BCUT2D eigenvalue weighted by Crippen LogP contribution is 2.25. The SMILES string of the molecule is CS(=O)(=O)NCc1cncc2c1CCN([C@@H]1CCOC1)C2. The zero-order valence-corrected chi connectivity index (χ0v) is 13.0. The smallest absolute Gasteiger partial charge is 0.209 e. The summed E-state index contributed by atoms with van der Waals surface area (Å²) in [5.74, 6) is 0. The fourth-order valence-corrected chi connectivity index (χ4v) is 3.49. The molecule has 0 aromatic carbocycles. The first-order valence-electron chi connectivity index (χ1n) is 7.24. The molecule has 0 aliphatic carbocycles. The maximum atomic E-state index is 11.2. The zero-order valence-electron chi connectivity index (χ0n) is 12.2. The Morgan fingerprint density at radius 1 is 1.48 bits per heavy atom. The fraction of sp³-hybridized carbons (Fsp3) is 0.643. The molecule has 1 aromatic rings. The lowest BCUT2D eigenvalue weighted by Gasteiger charge is -2.33. The molecule has 1 aromatic heterocycles. The van der Waals surface area contributed by atoms with E-state index in [1.807, 2.05) is 6.20 Å². The van der Waals surface area contributed by atoms with Crippen molar-refractivity contribution in [3.05, 3.63) is 29.1 Å². The van der Waals surface area contributed by atoms with E-state index in [0.717, 1.165) is 44.7 Å². The normalized spacial score (nSPS) is 23.2. The van der Waals surface area contributed by atoms with E-state index in [9.17, 15) is 8.42 Å². The van der Waals surface area contributed by atoms with E-state index in [1.54, 1.807) is 6.20 Å². The summed E-state index contributed by atoms with van der Waals surface area (Å²) in [6.45, 7) is 3.87. The van der Waals surface area contributed by atoms with Gasteiger partial charge in [0.05, 0.1) is 12.9 Å². The van der Waals surface area contributed by atoms with Crippen molar-refractivity contribution in [2.75, 3.05) is 26.0 Å². The van der Waals surface area contributed by atoms with Gasteiger partial charge in [-0.1, -0.05) is 0 Å². The van der Waals surface area contributed by atoms with E-state index in [4.69, 9.17) is 4.74 Å². The van der Waals surface area contributed by atoms with Crippen LogP contribution in [0.1, 0.15) is 23.1 Å². The van der Waals surface area contributed by atoms with Gasteiger partial charge >= 0.3 is 0 Å². The second-order valence-corrected chi connectivity index (χ2v) is 7.60. The topological polar surface area (TPSA) is 71.5 Å². The van der Waals surface area contributed by atoms with Gasteiger partial charge in [-0.25, -0.2) is 13.1 Å². The fourth-order valence-electron chi connectivity index (χ4n) is 3.07. The van der Waals surface area contributed by atoms with E-state index in [1.165, 1.54) is 17.4 Å². The van der Waals surface area contributed by atoms with Gasteiger partial charge in [-0.15, -0.1) is 0 Å². The van der Waals surface area contributed by atoms with Crippen molar-refractivity contribution in [2.45, 2.75) is 32.0 Å². The van der Waals surface area contributed by atoms with Crippen LogP contribution < -0.4 is 4.72 Å². The summed E-state index contributed by atoms with van der Waals surface area (Å²) >= 11 is 0. The number of fused-ring (bicyclic) bond motifs is 1. The van der Waals surface area contributed by atoms with Crippen LogP contribution in [-0.2, 0) is 34.3 Å². The lowest BCUT2D eigenvalue weighted by atomic mass is 9.96. The third-order valence-corrected chi connectivity index (χ3v) is 4.87. The number of nitrogens with zero attached hydrogens (tertiary/aromatic N) is 2. The van der Waals surface area contributed by atoms with Crippen molar-refractivity contribution in [1.29, 1.82) is 0 Å². The van der Waals surface area contributed by atoms with Crippen molar-refractivity contribution in [1.82, 2.24) is 14.6 Å². The molecule has 1 N–H and O–H groups in total. The second kappa shape index (κ2) is 6.00. The Morgan fingerprint density at radius 3 is 3.05 bits per heavy atom. The zero-order chi connectivity index (χ0) is 14.9. The molecular weight excluding hydrogens is 290 g/mol. The Kier molecular flexibility index (Phi) is 4.26. The predicted molar refractivity (Wildman–Crippen MR) is 79.3 cm³/mol. The minimum absolute atomic E-state index is 0.321. The molecule has 0 radical (unpaired) electrons. The monoisotopic (exact) mass is 311 g/mol. The van der Waals surface area contributed by atoms with Gasteiger partial charge in [0, 0.05) is 44.7 Å². The highest BCUT2D eigenvalue weighted by atomic mass is 32.2. The molecule has 2 aliphatic rings. The van der Waals surface area contributed by atoms with Crippen molar-refractivity contribution in [3.63, 3.8) is 0 Å². The molecule has 1 fully saturated rings. The Morgan fingerprint density at radius 2 is 2.33 bits per heavy atom.